The number of hydrogen-bond donors (Lipinski definition) is 2. The Bertz CT molecular complexity index is 614. The standard InChI is InChI=1S/C19H29N3O/c1-3-4-5-12-20-15-6-8-16(9-7-15)23-19-11-10-18-17(14(19)2)13-21-22-18/h10-11,13,15-16,20H,3-9,12H2,1-2H3,(H,21,22). The fourth-order valence-electron chi connectivity index (χ4n) is 3.51. The molecule has 4 heteroatoms. The summed E-state index contributed by atoms with van der Waals surface area (Å²) in [6, 6.07) is 4.82. The van der Waals surface area contributed by atoms with Gasteiger partial charge in [-0.05, 0) is 57.7 Å². The van der Waals surface area contributed by atoms with Gasteiger partial charge in [-0.1, -0.05) is 19.8 Å². The van der Waals surface area contributed by atoms with Crippen LogP contribution in [0.3, 0.4) is 0 Å². The second-order valence-corrected chi connectivity index (χ2v) is 6.77. The molecule has 1 heterocycles. The van der Waals surface area contributed by atoms with Gasteiger partial charge < -0.3 is 10.1 Å². The molecule has 1 aromatic heterocycles. The summed E-state index contributed by atoms with van der Waals surface area (Å²) in [4.78, 5) is 0. The van der Waals surface area contributed by atoms with Gasteiger partial charge in [-0.15, -0.1) is 0 Å². The van der Waals surface area contributed by atoms with Crippen LogP contribution in [-0.4, -0.2) is 28.9 Å². The van der Waals surface area contributed by atoms with Gasteiger partial charge >= 0.3 is 0 Å². The van der Waals surface area contributed by atoms with E-state index in [2.05, 4.69) is 41.5 Å². The highest BCUT2D eigenvalue weighted by Gasteiger charge is 2.22. The number of unbranched alkanes of at least 4 members (excludes halogenated alkanes) is 2. The summed E-state index contributed by atoms with van der Waals surface area (Å²) in [6.45, 7) is 5.54. The number of rotatable bonds is 7. The summed E-state index contributed by atoms with van der Waals surface area (Å²) < 4.78 is 6.29. The van der Waals surface area contributed by atoms with Crippen molar-refractivity contribution in [1.29, 1.82) is 0 Å². The Morgan fingerprint density at radius 3 is 2.83 bits per heavy atom. The molecule has 0 radical (unpaired) electrons. The highest BCUT2D eigenvalue weighted by atomic mass is 16.5. The smallest absolute Gasteiger partial charge is 0.123 e. The van der Waals surface area contributed by atoms with E-state index in [1.54, 1.807) is 0 Å². The molecule has 0 saturated heterocycles. The second kappa shape index (κ2) is 7.82. The largest absolute Gasteiger partial charge is 0.490 e. The molecular formula is C19H29N3O. The van der Waals surface area contributed by atoms with E-state index < -0.39 is 0 Å². The van der Waals surface area contributed by atoms with Crippen LogP contribution in [0, 0.1) is 6.92 Å². The van der Waals surface area contributed by atoms with E-state index in [9.17, 15) is 0 Å². The van der Waals surface area contributed by atoms with Crippen LogP contribution in [0.15, 0.2) is 18.3 Å². The first kappa shape index (κ1) is 16.3. The van der Waals surface area contributed by atoms with Crippen LogP contribution in [0.2, 0.25) is 0 Å². The molecule has 0 atom stereocenters. The number of aryl methyl sites for hydroxylation is 1. The Morgan fingerprint density at radius 2 is 2.04 bits per heavy atom. The molecule has 1 fully saturated rings. The monoisotopic (exact) mass is 315 g/mol. The van der Waals surface area contributed by atoms with Crippen LogP contribution >= 0.6 is 0 Å². The number of nitrogens with zero attached hydrogens (tertiary/aromatic N) is 1. The van der Waals surface area contributed by atoms with Crippen molar-refractivity contribution in [1.82, 2.24) is 15.5 Å². The van der Waals surface area contributed by atoms with Crippen LogP contribution < -0.4 is 10.1 Å². The first-order valence-corrected chi connectivity index (χ1v) is 9.10. The van der Waals surface area contributed by atoms with E-state index in [0.29, 0.717) is 12.1 Å². The molecule has 1 saturated carbocycles. The van der Waals surface area contributed by atoms with Gasteiger partial charge in [0.05, 0.1) is 17.8 Å². The van der Waals surface area contributed by atoms with Crippen molar-refractivity contribution in [3.63, 3.8) is 0 Å². The maximum Gasteiger partial charge on any atom is 0.123 e. The normalized spacial score (nSPS) is 21.7. The van der Waals surface area contributed by atoms with Crippen molar-refractivity contribution in [3.8, 4) is 5.75 Å². The molecule has 0 bridgehead atoms. The van der Waals surface area contributed by atoms with E-state index in [-0.39, 0.29) is 0 Å². The number of aromatic amines is 1. The van der Waals surface area contributed by atoms with Gasteiger partial charge in [0, 0.05) is 17.0 Å². The molecule has 2 N–H and O–H groups in total. The minimum absolute atomic E-state index is 0.353. The van der Waals surface area contributed by atoms with Crippen molar-refractivity contribution in [2.75, 3.05) is 6.54 Å². The van der Waals surface area contributed by atoms with Gasteiger partial charge in [0.1, 0.15) is 5.75 Å². The first-order valence-electron chi connectivity index (χ1n) is 9.10. The topological polar surface area (TPSA) is 49.9 Å². The molecule has 3 rings (SSSR count). The van der Waals surface area contributed by atoms with E-state index in [4.69, 9.17) is 4.74 Å². The third kappa shape index (κ3) is 4.05. The Morgan fingerprint density at radius 1 is 1.22 bits per heavy atom. The summed E-state index contributed by atoms with van der Waals surface area (Å²) in [5, 5.41) is 12.0. The SMILES string of the molecule is CCCCCNC1CCC(Oc2ccc3[nH]ncc3c2C)CC1. The zero-order valence-electron chi connectivity index (χ0n) is 14.4. The van der Waals surface area contributed by atoms with E-state index in [1.165, 1.54) is 44.2 Å². The maximum atomic E-state index is 6.29. The van der Waals surface area contributed by atoms with Gasteiger partial charge in [-0.25, -0.2) is 0 Å². The number of benzene rings is 1. The Hall–Kier alpha value is -1.55. The lowest BCUT2D eigenvalue weighted by Gasteiger charge is -2.30. The number of nitrogens with one attached hydrogen (secondary N) is 2. The highest BCUT2D eigenvalue weighted by molar-refractivity contribution is 5.83. The highest BCUT2D eigenvalue weighted by Crippen LogP contribution is 2.29. The number of aromatic nitrogens is 2. The number of fused-ring (bicyclic) bond motifs is 1. The molecule has 126 valence electrons. The minimum Gasteiger partial charge on any atom is -0.490 e. The maximum absolute atomic E-state index is 6.29. The minimum atomic E-state index is 0.353. The molecule has 1 aromatic carbocycles. The Kier molecular flexibility index (Phi) is 5.55. The zero-order valence-corrected chi connectivity index (χ0v) is 14.4. The van der Waals surface area contributed by atoms with Crippen molar-refractivity contribution in [2.24, 2.45) is 0 Å². The van der Waals surface area contributed by atoms with Crippen LogP contribution in [0.4, 0.5) is 0 Å². The molecule has 0 unspecified atom stereocenters. The van der Waals surface area contributed by atoms with Crippen molar-refractivity contribution in [2.45, 2.75) is 70.9 Å². The molecule has 1 aliphatic rings. The molecule has 23 heavy (non-hydrogen) atoms. The van der Waals surface area contributed by atoms with Gasteiger partial charge in [0.15, 0.2) is 0 Å². The average Bonchev–Trinajstić information content (AvgIpc) is 3.05. The van der Waals surface area contributed by atoms with E-state index in [1.807, 2.05) is 6.20 Å². The molecule has 2 aromatic rings. The van der Waals surface area contributed by atoms with Crippen LogP contribution in [0.1, 0.15) is 57.4 Å². The third-order valence-electron chi connectivity index (χ3n) is 5.02. The summed E-state index contributed by atoms with van der Waals surface area (Å²) in [7, 11) is 0. The number of hydrogen-bond acceptors (Lipinski definition) is 3. The van der Waals surface area contributed by atoms with Crippen LogP contribution in [-0.2, 0) is 0 Å². The van der Waals surface area contributed by atoms with Crippen LogP contribution in [0.5, 0.6) is 5.75 Å². The van der Waals surface area contributed by atoms with Crippen LogP contribution in [0.25, 0.3) is 10.9 Å². The lowest BCUT2D eigenvalue weighted by molar-refractivity contribution is 0.139. The average molecular weight is 315 g/mol. The number of ether oxygens (including phenoxy) is 1. The van der Waals surface area contributed by atoms with Crippen molar-refractivity contribution >= 4 is 10.9 Å². The molecule has 0 aliphatic heterocycles. The molecule has 1 aliphatic carbocycles. The number of H-pyrrole nitrogens is 1. The van der Waals surface area contributed by atoms with Gasteiger partial charge in [-0.2, -0.15) is 5.10 Å². The lowest BCUT2D eigenvalue weighted by atomic mass is 9.92. The predicted molar refractivity (Wildman–Crippen MR) is 95.0 cm³/mol. The zero-order chi connectivity index (χ0) is 16.1. The quantitative estimate of drug-likeness (QED) is 0.747. The van der Waals surface area contributed by atoms with Gasteiger partial charge in [0.2, 0.25) is 0 Å². The van der Waals surface area contributed by atoms with E-state index >= 15 is 0 Å². The molecule has 4 nitrogen and oxygen atoms in total. The summed E-state index contributed by atoms with van der Waals surface area (Å²) in [5.41, 5.74) is 2.27. The van der Waals surface area contributed by atoms with Gasteiger partial charge in [0.25, 0.3) is 0 Å². The fraction of sp³-hybridized carbons (Fsp3) is 0.632. The fourth-order valence-corrected chi connectivity index (χ4v) is 3.51. The van der Waals surface area contributed by atoms with E-state index in [0.717, 1.165) is 29.5 Å². The third-order valence-corrected chi connectivity index (χ3v) is 5.02. The molecular weight excluding hydrogens is 286 g/mol. The first-order chi connectivity index (χ1) is 11.3. The Balaban J connectivity index is 1.49. The summed E-state index contributed by atoms with van der Waals surface area (Å²) in [5.74, 6) is 1.01. The van der Waals surface area contributed by atoms with Crippen molar-refractivity contribution < 1.29 is 4.74 Å². The summed E-state index contributed by atoms with van der Waals surface area (Å²) >= 11 is 0. The second-order valence-electron chi connectivity index (χ2n) is 6.77. The lowest BCUT2D eigenvalue weighted by Crippen LogP contribution is -2.36. The summed E-state index contributed by atoms with van der Waals surface area (Å²) in [6.07, 6.45) is 10.9. The molecule has 0 spiro atoms. The molecule has 0 amide bonds. The Labute approximate surface area is 139 Å². The predicted octanol–water partition coefficient (Wildman–Crippen LogP) is 4.34. The van der Waals surface area contributed by atoms with Gasteiger partial charge in [-0.3, -0.25) is 5.10 Å². The van der Waals surface area contributed by atoms with Crippen molar-refractivity contribution in [3.05, 3.63) is 23.9 Å².